The van der Waals surface area contributed by atoms with Gasteiger partial charge in [-0.1, -0.05) is 18.2 Å². The molecule has 0 saturated heterocycles. The molecule has 0 aromatic heterocycles. The van der Waals surface area contributed by atoms with Crippen LogP contribution in [0.2, 0.25) is 0 Å². The number of amides is 3. The summed E-state index contributed by atoms with van der Waals surface area (Å²) in [6.07, 6.45) is 0.967. The molecule has 1 aromatic carbocycles. The van der Waals surface area contributed by atoms with Crippen LogP contribution in [0.25, 0.3) is 0 Å². The summed E-state index contributed by atoms with van der Waals surface area (Å²) in [6, 6.07) is 7.20. The third-order valence-electron chi connectivity index (χ3n) is 3.23. The van der Waals surface area contributed by atoms with Gasteiger partial charge in [-0.15, -0.1) is 0 Å². The molecule has 8 nitrogen and oxygen atoms in total. The van der Waals surface area contributed by atoms with Gasteiger partial charge >= 0.3 is 0 Å². The van der Waals surface area contributed by atoms with Gasteiger partial charge in [0, 0.05) is 18.4 Å². The summed E-state index contributed by atoms with van der Waals surface area (Å²) in [6.45, 7) is 1.93. The first-order valence-electron chi connectivity index (χ1n) is 7.81. The highest BCUT2D eigenvalue weighted by atomic mass is 32.2. The van der Waals surface area contributed by atoms with Gasteiger partial charge < -0.3 is 16.0 Å². The Hall–Kier alpha value is -2.42. The van der Waals surface area contributed by atoms with Gasteiger partial charge in [-0.05, 0) is 25.5 Å². The molecule has 3 N–H and O–H groups in total. The molecule has 1 aromatic rings. The Labute approximate surface area is 147 Å². The van der Waals surface area contributed by atoms with Gasteiger partial charge in [-0.3, -0.25) is 14.4 Å². The van der Waals surface area contributed by atoms with Crippen molar-refractivity contribution in [3.63, 3.8) is 0 Å². The van der Waals surface area contributed by atoms with Gasteiger partial charge in [-0.25, -0.2) is 8.42 Å². The summed E-state index contributed by atoms with van der Waals surface area (Å²) in [5.41, 5.74) is 0.350. The predicted octanol–water partition coefficient (Wildman–Crippen LogP) is -0.528. The number of carbonyl (C=O) groups excluding carboxylic acids is 3. The van der Waals surface area contributed by atoms with E-state index in [4.69, 9.17) is 0 Å². The minimum atomic E-state index is -3.30. The van der Waals surface area contributed by atoms with E-state index in [9.17, 15) is 22.8 Å². The van der Waals surface area contributed by atoms with Crippen LogP contribution in [0, 0.1) is 0 Å². The summed E-state index contributed by atoms with van der Waals surface area (Å²) >= 11 is 0. The second-order valence-electron chi connectivity index (χ2n) is 5.48. The number of likely N-dealkylation sites (N-methyl/N-ethyl adjacent to an activating group) is 1. The Bertz CT molecular complexity index is 704. The summed E-state index contributed by atoms with van der Waals surface area (Å²) < 4.78 is 22.7. The van der Waals surface area contributed by atoms with Gasteiger partial charge in [0.15, 0.2) is 0 Å². The Morgan fingerprint density at radius 1 is 1.08 bits per heavy atom. The van der Waals surface area contributed by atoms with Crippen LogP contribution >= 0.6 is 0 Å². The van der Waals surface area contributed by atoms with Crippen molar-refractivity contribution in [1.82, 2.24) is 16.0 Å². The van der Waals surface area contributed by atoms with E-state index in [0.717, 1.165) is 6.26 Å². The largest absolute Gasteiger partial charge is 0.355 e. The fourth-order valence-electron chi connectivity index (χ4n) is 1.98. The van der Waals surface area contributed by atoms with Crippen molar-refractivity contribution < 1.29 is 22.8 Å². The molecule has 0 radical (unpaired) electrons. The average molecular weight is 369 g/mol. The minimum absolute atomic E-state index is 0.0847. The van der Waals surface area contributed by atoms with Crippen LogP contribution < -0.4 is 16.0 Å². The molecule has 0 unspecified atom stereocenters. The van der Waals surface area contributed by atoms with E-state index in [1.165, 1.54) is 0 Å². The molecule has 138 valence electrons. The number of hydrogen-bond donors (Lipinski definition) is 3. The number of nitrogens with one attached hydrogen (secondary N) is 3. The van der Waals surface area contributed by atoms with Crippen LogP contribution in [-0.4, -0.2) is 57.3 Å². The Balaban J connectivity index is 2.75. The van der Waals surface area contributed by atoms with E-state index >= 15 is 0 Å². The van der Waals surface area contributed by atoms with E-state index in [0.29, 0.717) is 12.1 Å². The highest BCUT2D eigenvalue weighted by Crippen LogP contribution is 2.02. The van der Waals surface area contributed by atoms with E-state index in [-0.39, 0.29) is 24.6 Å². The lowest BCUT2D eigenvalue weighted by atomic mass is 10.1. The molecule has 9 heteroatoms. The number of carbonyl (C=O) groups is 3. The standard InChI is InChI=1S/C16H23N3O5S/c1-3-17-14(20)11-18-16(22)13(9-10-25(2,23)24)19-15(21)12-7-5-4-6-8-12/h4-8,13H,3,9-11H2,1-2H3,(H,17,20)(H,18,22)(H,19,21)/t13-/m0/s1. The van der Waals surface area contributed by atoms with E-state index in [1.807, 2.05) is 0 Å². The van der Waals surface area contributed by atoms with Crippen LogP contribution in [0.15, 0.2) is 30.3 Å². The van der Waals surface area contributed by atoms with Crippen LogP contribution in [-0.2, 0) is 19.4 Å². The molecule has 0 aliphatic rings. The second-order valence-corrected chi connectivity index (χ2v) is 7.74. The highest BCUT2D eigenvalue weighted by molar-refractivity contribution is 7.90. The molecule has 0 heterocycles. The first kappa shape index (κ1) is 20.6. The summed E-state index contributed by atoms with van der Waals surface area (Å²) in [5.74, 6) is -1.74. The molecule has 0 fully saturated rings. The van der Waals surface area contributed by atoms with E-state index in [2.05, 4.69) is 16.0 Å². The van der Waals surface area contributed by atoms with Crippen molar-refractivity contribution >= 4 is 27.6 Å². The fourth-order valence-corrected chi connectivity index (χ4v) is 2.65. The lowest BCUT2D eigenvalue weighted by molar-refractivity contribution is -0.127. The number of rotatable bonds is 9. The topological polar surface area (TPSA) is 121 Å². The highest BCUT2D eigenvalue weighted by Gasteiger charge is 2.23. The molecular formula is C16H23N3O5S. The van der Waals surface area contributed by atoms with E-state index in [1.54, 1.807) is 37.3 Å². The monoisotopic (exact) mass is 369 g/mol. The zero-order valence-corrected chi connectivity index (χ0v) is 15.1. The summed E-state index contributed by atoms with van der Waals surface area (Å²) in [7, 11) is -3.30. The Kier molecular flexibility index (Phi) is 8.06. The molecule has 25 heavy (non-hydrogen) atoms. The van der Waals surface area contributed by atoms with Gasteiger partial charge in [0.1, 0.15) is 15.9 Å². The number of hydrogen-bond acceptors (Lipinski definition) is 5. The second kappa shape index (κ2) is 9.77. The molecule has 0 aliphatic heterocycles. The van der Waals surface area contributed by atoms with Crippen molar-refractivity contribution in [3.05, 3.63) is 35.9 Å². The zero-order valence-electron chi connectivity index (χ0n) is 14.2. The molecule has 0 saturated carbocycles. The fraction of sp³-hybridized carbons (Fsp3) is 0.438. The SMILES string of the molecule is CCNC(=O)CNC(=O)[C@H](CCS(C)(=O)=O)NC(=O)c1ccccc1. The maximum atomic E-state index is 12.2. The summed E-state index contributed by atoms with van der Waals surface area (Å²) in [4.78, 5) is 35.9. The quantitative estimate of drug-likeness (QED) is 0.540. The first-order valence-corrected chi connectivity index (χ1v) is 9.87. The first-order chi connectivity index (χ1) is 11.7. The third kappa shape index (κ3) is 8.30. The van der Waals surface area contributed by atoms with Crippen LogP contribution in [0.3, 0.4) is 0 Å². The predicted molar refractivity (Wildman–Crippen MR) is 93.7 cm³/mol. The lowest BCUT2D eigenvalue weighted by Gasteiger charge is -2.18. The number of sulfone groups is 1. The van der Waals surface area contributed by atoms with E-state index < -0.39 is 27.7 Å². The third-order valence-corrected chi connectivity index (χ3v) is 4.21. The zero-order chi connectivity index (χ0) is 18.9. The smallest absolute Gasteiger partial charge is 0.251 e. The molecule has 1 atom stereocenters. The Morgan fingerprint density at radius 2 is 1.72 bits per heavy atom. The minimum Gasteiger partial charge on any atom is -0.355 e. The molecule has 3 amide bonds. The van der Waals surface area contributed by atoms with Crippen molar-refractivity contribution in [2.75, 3.05) is 25.1 Å². The van der Waals surface area contributed by atoms with Crippen molar-refractivity contribution in [3.8, 4) is 0 Å². The molecular weight excluding hydrogens is 346 g/mol. The van der Waals surface area contributed by atoms with Crippen molar-refractivity contribution in [1.29, 1.82) is 0 Å². The normalized spacial score (nSPS) is 12.1. The van der Waals surface area contributed by atoms with Crippen molar-refractivity contribution in [2.45, 2.75) is 19.4 Å². The maximum Gasteiger partial charge on any atom is 0.251 e. The molecule has 0 bridgehead atoms. The van der Waals surface area contributed by atoms with Gasteiger partial charge in [0.2, 0.25) is 11.8 Å². The molecule has 0 aliphatic carbocycles. The van der Waals surface area contributed by atoms with Gasteiger partial charge in [0.05, 0.1) is 12.3 Å². The number of benzene rings is 1. The van der Waals surface area contributed by atoms with Crippen LogP contribution in [0.1, 0.15) is 23.7 Å². The van der Waals surface area contributed by atoms with Crippen molar-refractivity contribution in [2.24, 2.45) is 0 Å². The van der Waals surface area contributed by atoms with Gasteiger partial charge in [-0.2, -0.15) is 0 Å². The van der Waals surface area contributed by atoms with Crippen LogP contribution in [0.5, 0.6) is 0 Å². The van der Waals surface area contributed by atoms with Crippen LogP contribution in [0.4, 0.5) is 0 Å². The average Bonchev–Trinajstić information content (AvgIpc) is 2.56. The molecule has 1 rings (SSSR count). The Morgan fingerprint density at radius 3 is 2.28 bits per heavy atom. The maximum absolute atomic E-state index is 12.2. The van der Waals surface area contributed by atoms with Gasteiger partial charge in [0.25, 0.3) is 5.91 Å². The molecule has 0 spiro atoms. The summed E-state index contributed by atoms with van der Waals surface area (Å²) in [5, 5.41) is 7.44. The lowest BCUT2D eigenvalue weighted by Crippen LogP contribution is -2.49.